The van der Waals surface area contributed by atoms with Crippen LogP contribution in [0, 0.1) is 29.6 Å². The number of carboxylic acid groups (broad SMARTS) is 1. The van der Waals surface area contributed by atoms with E-state index in [0.29, 0.717) is 24.2 Å². The van der Waals surface area contributed by atoms with Crippen molar-refractivity contribution in [1.82, 2.24) is 4.90 Å². The molecule has 0 radical (unpaired) electrons. The van der Waals surface area contributed by atoms with Crippen molar-refractivity contribution in [2.75, 3.05) is 13.1 Å². The third kappa shape index (κ3) is 2.33. The molecule has 3 aliphatic rings. The molecule has 4 heteroatoms. The summed E-state index contributed by atoms with van der Waals surface area (Å²) < 4.78 is 0. The third-order valence-corrected chi connectivity index (χ3v) is 5.91. The molecule has 1 saturated heterocycles. The van der Waals surface area contributed by atoms with E-state index in [4.69, 9.17) is 0 Å². The minimum Gasteiger partial charge on any atom is -0.481 e. The molecule has 20 heavy (non-hydrogen) atoms. The molecule has 1 heterocycles. The molecule has 1 amide bonds. The molecule has 0 aromatic heterocycles. The van der Waals surface area contributed by atoms with Gasteiger partial charge < -0.3 is 10.0 Å². The van der Waals surface area contributed by atoms with Crippen LogP contribution in [0.3, 0.4) is 0 Å². The minimum absolute atomic E-state index is 0.128. The van der Waals surface area contributed by atoms with Gasteiger partial charge in [0.15, 0.2) is 0 Å². The van der Waals surface area contributed by atoms with Crippen LogP contribution >= 0.6 is 0 Å². The molecule has 1 N–H and O–H groups in total. The van der Waals surface area contributed by atoms with Crippen molar-refractivity contribution in [1.29, 1.82) is 0 Å². The summed E-state index contributed by atoms with van der Waals surface area (Å²) in [5.74, 6) is 0.411. The summed E-state index contributed by atoms with van der Waals surface area (Å²) in [5, 5.41) is 9.38. The van der Waals surface area contributed by atoms with Crippen molar-refractivity contribution >= 4 is 11.9 Å². The summed E-state index contributed by atoms with van der Waals surface area (Å²) in [4.78, 5) is 26.1. The predicted octanol–water partition coefficient (Wildman–Crippen LogP) is 2.38. The topological polar surface area (TPSA) is 57.6 Å². The molecule has 3 fully saturated rings. The van der Waals surface area contributed by atoms with Crippen molar-refractivity contribution in [2.45, 2.75) is 45.4 Å². The molecule has 112 valence electrons. The zero-order valence-electron chi connectivity index (χ0n) is 12.3. The molecule has 2 aliphatic carbocycles. The Morgan fingerprint density at radius 1 is 1.10 bits per heavy atom. The Morgan fingerprint density at radius 3 is 2.25 bits per heavy atom. The number of rotatable bonds is 3. The first-order valence-electron chi connectivity index (χ1n) is 8.11. The van der Waals surface area contributed by atoms with Crippen molar-refractivity contribution in [3.05, 3.63) is 0 Å². The quantitative estimate of drug-likeness (QED) is 0.863. The van der Waals surface area contributed by atoms with E-state index in [0.717, 1.165) is 25.9 Å². The number of carboxylic acids is 1. The Hall–Kier alpha value is -1.06. The van der Waals surface area contributed by atoms with Crippen LogP contribution in [-0.2, 0) is 9.59 Å². The molecule has 5 atom stereocenters. The molecule has 2 saturated carbocycles. The highest BCUT2D eigenvalue weighted by atomic mass is 16.4. The SMILES string of the molecule is CCC1CC(C(=O)O)C(C(=O)N2CC3CCCC3C2)C1. The van der Waals surface area contributed by atoms with Crippen molar-refractivity contribution in [3.8, 4) is 0 Å². The molecule has 0 aromatic carbocycles. The summed E-state index contributed by atoms with van der Waals surface area (Å²) in [7, 11) is 0. The predicted molar refractivity (Wildman–Crippen MR) is 75.0 cm³/mol. The second kappa shape index (κ2) is 5.38. The van der Waals surface area contributed by atoms with Crippen molar-refractivity contribution < 1.29 is 14.7 Å². The highest BCUT2D eigenvalue weighted by Gasteiger charge is 2.46. The van der Waals surface area contributed by atoms with E-state index in [9.17, 15) is 14.7 Å². The van der Waals surface area contributed by atoms with E-state index in [2.05, 4.69) is 6.92 Å². The number of hydrogen-bond acceptors (Lipinski definition) is 2. The highest BCUT2D eigenvalue weighted by molar-refractivity contribution is 5.85. The van der Waals surface area contributed by atoms with Crippen molar-refractivity contribution in [2.24, 2.45) is 29.6 Å². The molecule has 0 spiro atoms. The Kier molecular flexibility index (Phi) is 3.74. The number of nitrogens with zero attached hydrogens (tertiary/aromatic N) is 1. The van der Waals surface area contributed by atoms with Gasteiger partial charge in [-0.3, -0.25) is 9.59 Å². The average molecular weight is 279 g/mol. The number of carbonyl (C=O) groups excluding carboxylic acids is 1. The summed E-state index contributed by atoms with van der Waals surface area (Å²) in [6.45, 7) is 3.85. The number of hydrogen-bond donors (Lipinski definition) is 1. The van der Waals surface area contributed by atoms with E-state index in [-0.39, 0.29) is 11.8 Å². The highest BCUT2D eigenvalue weighted by Crippen LogP contribution is 2.42. The zero-order valence-corrected chi connectivity index (χ0v) is 12.3. The molecule has 5 unspecified atom stereocenters. The Balaban J connectivity index is 1.68. The van der Waals surface area contributed by atoms with E-state index in [1.54, 1.807) is 0 Å². The molecular weight excluding hydrogens is 254 g/mol. The van der Waals surface area contributed by atoms with Gasteiger partial charge in [0.2, 0.25) is 5.91 Å². The summed E-state index contributed by atoms with van der Waals surface area (Å²) in [5.41, 5.74) is 0. The molecular formula is C16H25NO3. The summed E-state index contributed by atoms with van der Waals surface area (Å²) in [6, 6.07) is 0. The molecule has 3 rings (SSSR count). The van der Waals surface area contributed by atoms with Gasteiger partial charge in [-0.1, -0.05) is 19.8 Å². The lowest BCUT2D eigenvalue weighted by Gasteiger charge is -2.23. The lowest BCUT2D eigenvalue weighted by atomic mass is 9.95. The average Bonchev–Trinajstić information content (AvgIpc) is 3.10. The number of carbonyl (C=O) groups is 2. The third-order valence-electron chi connectivity index (χ3n) is 5.91. The monoisotopic (exact) mass is 279 g/mol. The number of aliphatic carboxylic acids is 1. The normalized spacial score (nSPS) is 40.0. The molecule has 0 bridgehead atoms. The molecule has 1 aliphatic heterocycles. The fraction of sp³-hybridized carbons (Fsp3) is 0.875. The maximum atomic E-state index is 12.7. The Morgan fingerprint density at radius 2 is 1.70 bits per heavy atom. The second-order valence-corrected chi connectivity index (χ2v) is 6.99. The first kappa shape index (κ1) is 13.9. The standard InChI is InChI=1S/C16H25NO3/c1-2-10-6-13(14(7-10)16(19)20)15(18)17-8-11-4-3-5-12(11)9-17/h10-14H,2-9H2,1H3,(H,19,20). The van der Waals surface area contributed by atoms with Gasteiger partial charge in [0.05, 0.1) is 11.8 Å². The smallest absolute Gasteiger partial charge is 0.307 e. The summed E-state index contributed by atoms with van der Waals surface area (Å²) >= 11 is 0. The summed E-state index contributed by atoms with van der Waals surface area (Å²) in [6.07, 6.45) is 6.24. The number of amides is 1. The fourth-order valence-electron chi connectivity index (χ4n) is 4.67. The van der Waals surface area contributed by atoms with E-state index in [1.807, 2.05) is 4.90 Å². The van der Waals surface area contributed by atoms with Crippen LogP contribution in [0.25, 0.3) is 0 Å². The van der Waals surface area contributed by atoms with Crippen LogP contribution in [-0.4, -0.2) is 35.0 Å². The first-order valence-corrected chi connectivity index (χ1v) is 8.11. The van der Waals surface area contributed by atoms with Crippen LogP contribution in [0.15, 0.2) is 0 Å². The maximum Gasteiger partial charge on any atom is 0.307 e. The van der Waals surface area contributed by atoms with Crippen LogP contribution in [0.2, 0.25) is 0 Å². The largest absolute Gasteiger partial charge is 0.481 e. The Labute approximate surface area is 120 Å². The van der Waals surface area contributed by atoms with Crippen molar-refractivity contribution in [3.63, 3.8) is 0 Å². The van der Waals surface area contributed by atoms with Gasteiger partial charge in [-0.2, -0.15) is 0 Å². The lowest BCUT2D eigenvalue weighted by Crippen LogP contribution is -2.38. The molecule has 4 nitrogen and oxygen atoms in total. The van der Waals surface area contributed by atoms with Gasteiger partial charge in [-0.15, -0.1) is 0 Å². The molecule has 0 aromatic rings. The van der Waals surface area contributed by atoms with Gasteiger partial charge in [0, 0.05) is 13.1 Å². The lowest BCUT2D eigenvalue weighted by molar-refractivity contribution is -0.148. The van der Waals surface area contributed by atoms with Gasteiger partial charge in [0.1, 0.15) is 0 Å². The van der Waals surface area contributed by atoms with Crippen LogP contribution in [0.4, 0.5) is 0 Å². The first-order chi connectivity index (χ1) is 9.60. The van der Waals surface area contributed by atoms with E-state index in [1.165, 1.54) is 19.3 Å². The maximum absolute atomic E-state index is 12.7. The van der Waals surface area contributed by atoms with Crippen LogP contribution in [0.5, 0.6) is 0 Å². The Bertz CT molecular complexity index is 397. The minimum atomic E-state index is -0.779. The fourth-order valence-corrected chi connectivity index (χ4v) is 4.67. The van der Waals surface area contributed by atoms with E-state index < -0.39 is 11.9 Å². The zero-order chi connectivity index (χ0) is 14.3. The van der Waals surface area contributed by atoms with Gasteiger partial charge in [-0.05, 0) is 43.4 Å². The second-order valence-electron chi connectivity index (χ2n) is 6.99. The van der Waals surface area contributed by atoms with Crippen LogP contribution in [0.1, 0.15) is 45.4 Å². The number of fused-ring (bicyclic) bond motifs is 1. The van der Waals surface area contributed by atoms with Crippen LogP contribution < -0.4 is 0 Å². The van der Waals surface area contributed by atoms with Gasteiger partial charge in [0.25, 0.3) is 0 Å². The van der Waals surface area contributed by atoms with E-state index >= 15 is 0 Å². The number of likely N-dealkylation sites (tertiary alicyclic amines) is 1. The van der Waals surface area contributed by atoms with Gasteiger partial charge >= 0.3 is 5.97 Å². The van der Waals surface area contributed by atoms with Gasteiger partial charge in [-0.25, -0.2) is 0 Å².